The number of imidazole rings is 1. The second-order valence-corrected chi connectivity index (χ2v) is 10.0. The summed E-state index contributed by atoms with van der Waals surface area (Å²) in [5.41, 5.74) is -0.0556. The first-order valence-corrected chi connectivity index (χ1v) is 11.8. The summed E-state index contributed by atoms with van der Waals surface area (Å²) < 4.78 is 28.2. The van der Waals surface area contributed by atoms with E-state index >= 15 is 0 Å². The number of nitrogens with zero attached hydrogens (tertiary/aromatic N) is 5. The number of sulfone groups is 1. The van der Waals surface area contributed by atoms with Crippen molar-refractivity contribution in [2.45, 2.75) is 51.6 Å². The topological polar surface area (TPSA) is 99.2 Å². The Hall–Kier alpha value is -2.10. The van der Waals surface area contributed by atoms with Gasteiger partial charge in [-0.25, -0.2) is 13.2 Å². The van der Waals surface area contributed by atoms with E-state index in [1.54, 1.807) is 11.6 Å². The number of piperidine rings is 1. The summed E-state index contributed by atoms with van der Waals surface area (Å²) in [4.78, 5) is 32.8. The van der Waals surface area contributed by atoms with E-state index in [0.29, 0.717) is 23.7 Å². The third-order valence-corrected chi connectivity index (χ3v) is 7.57. The van der Waals surface area contributed by atoms with Crippen LogP contribution in [0.1, 0.15) is 45.1 Å². The van der Waals surface area contributed by atoms with Crippen LogP contribution in [0.3, 0.4) is 0 Å². The quantitative estimate of drug-likeness (QED) is 0.719. The van der Waals surface area contributed by atoms with Crippen molar-refractivity contribution >= 4 is 26.9 Å². The number of aromatic nitrogens is 4. The molecule has 0 N–H and O–H groups in total. The molecule has 0 aromatic carbocycles. The van der Waals surface area contributed by atoms with Gasteiger partial charge < -0.3 is 4.90 Å². The van der Waals surface area contributed by atoms with Crippen LogP contribution in [0.2, 0.25) is 0 Å². The van der Waals surface area contributed by atoms with Crippen LogP contribution in [0.25, 0.3) is 11.2 Å². The highest BCUT2D eigenvalue weighted by atomic mass is 32.2. The van der Waals surface area contributed by atoms with Gasteiger partial charge in [0.25, 0.3) is 5.56 Å². The average molecular weight is 410 g/mol. The molecule has 2 aromatic rings. The molecule has 10 heteroatoms. The Morgan fingerprint density at radius 2 is 1.79 bits per heavy atom. The molecule has 4 heterocycles. The number of hydrogen-bond acceptors (Lipinski definition) is 6. The van der Waals surface area contributed by atoms with E-state index in [-0.39, 0.29) is 28.8 Å². The zero-order valence-electron chi connectivity index (χ0n) is 16.4. The van der Waals surface area contributed by atoms with Crippen LogP contribution in [-0.2, 0) is 23.4 Å². The van der Waals surface area contributed by atoms with Crippen LogP contribution in [0.4, 0.5) is 5.95 Å². The maximum atomic E-state index is 13.3. The third-order valence-electron chi connectivity index (χ3n) is 5.79. The summed E-state index contributed by atoms with van der Waals surface area (Å²) >= 11 is 0. The zero-order valence-corrected chi connectivity index (χ0v) is 17.2. The van der Waals surface area contributed by atoms with Crippen LogP contribution in [0.5, 0.6) is 0 Å². The van der Waals surface area contributed by atoms with E-state index < -0.39 is 9.84 Å². The number of rotatable bonds is 5. The first kappa shape index (κ1) is 19.2. The predicted molar refractivity (Wildman–Crippen MR) is 108 cm³/mol. The molecule has 0 atom stereocenters. The highest BCUT2D eigenvalue weighted by molar-refractivity contribution is 7.92. The number of aryl methyl sites for hydroxylation is 1. The summed E-state index contributed by atoms with van der Waals surface area (Å²) in [7, 11) is -1.45. The van der Waals surface area contributed by atoms with Crippen molar-refractivity contribution in [1.29, 1.82) is 0 Å². The monoisotopic (exact) mass is 409 g/mol. The minimum atomic E-state index is -3.07. The van der Waals surface area contributed by atoms with Crippen LogP contribution >= 0.6 is 0 Å². The van der Waals surface area contributed by atoms with Gasteiger partial charge in [0.1, 0.15) is 0 Å². The molecule has 2 aliphatic rings. The molecule has 154 valence electrons. The summed E-state index contributed by atoms with van der Waals surface area (Å²) in [5.74, 6) is 0.641. The molecule has 2 saturated heterocycles. The molecule has 2 fully saturated rings. The Morgan fingerprint density at radius 1 is 1.11 bits per heavy atom. The number of hydrogen-bond donors (Lipinski definition) is 0. The van der Waals surface area contributed by atoms with E-state index in [1.165, 1.54) is 9.13 Å². The normalized spacial score (nSPS) is 19.9. The SMILES string of the molecule is CCCCn1c(=O)c2c(nc(N3CCCCC3)n2C2CS(=O)(=O)C2)n(C)c1=O. The van der Waals surface area contributed by atoms with Gasteiger partial charge in [-0.15, -0.1) is 0 Å². The first-order chi connectivity index (χ1) is 13.3. The van der Waals surface area contributed by atoms with E-state index in [0.717, 1.165) is 45.2 Å². The Morgan fingerprint density at radius 3 is 2.39 bits per heavy atom. The number of fused-ring (bicyclic) bond motifs is 1. The molecule has 2 aliphatic heterocycles. The Kier molecular flexibility index (Phi) is 4.84. The van der Waals surface area contributed by atoms with Gasteiger partial charge in [-0.3, -0.25) is 18.5 Å². The zero-order chi connectivity index (χ0) is 20.1. The van der Waals surface area contributed by atoms with Crippen molar-refractivity contribution in [1.82, 2.24) is 18.7 Å². The molecule has 4 rings (SSSR count). The van der Waals surface area contributed by atoms with Crippen LogP contribution in [0, 0.1) is 0 Å². The molecule has 0 aliphatic carbocycles. The average Bonchev–Trinajstić information content (AvgIpc) is 3.05. The van der Waals surface area contributed by atoms with Crippen molar-refractivity contribution in [2.75, 3.05) is 29.5 Å². The van der Waals surface area contributed by atoms with Gasteiger partial charge in [0.05, 0.1) is 17.5 Å². The fraction of sp³-hybridized carbons (Fsp3) is 0.722. The Bertz CT molecular complexity index is 1110. The molecule has 0 unspecified atom stereocenters. The van der Waals surface area contributed by atoms with E-state index in [2.05, 4.69) is 9.88 Å². The second kappa shape index (κ2) is 7.06. The van der Waals surface area contributed by atoms with Gasteiger partial charge in [-0.2, -0.15) is 4.98 Å². The molecule has 0 amide bonds. The minimum Gasteiger partial charge on any atom is -0.342 e. The molecule has 0 radical (unpaired) electrons. The molecular formula is C18H27N5O4S. The maximum Gasteiger partial charge on any atom is 0.332 e. The van der Waals surface area contributed by atoms with Gasteiger partial charge in [-0.05, 0) is 25.7 Å². The molecule has 28 heavy (non-hydrogen) atoms. The summed E-state index contributed by atoms with van der Waals surface area (Å²) in [6.45, 7) is 4.00. The van der Waals surface area contributed by atoms with Gasteiger partial charge in [0, 0.05) is 26.7 Å². The number of unbranched alkanes of at least 4 members (excludes halogenated alkanes) is 1. The van der Waals surface area contributed by atoms with Crippen molar-refractivity contribution in [3.63, 3.8) is 0 Å². The Balaban J connectivity index is 1.96. The summed E-state index contributed by atoms with van der Waals surface area (Å²) in [6.07, 6.45) is 4.81. The maximum absolute atomic E-state index is 13.3. The molecule has 0 bridgehead atoms. The summed E-state index contributed by atoms with van der Waals surface area (Å²) in [5, 5.41) is 0. The van der Waals surface area contributed by atoms with Gasteiger partial charge in [0.15, 0.2) is 21.0 Å². The van der Waals surface area contributed by atoms with Crippen molar-refractivity contribution in [3.05, 3.63) is 20.8 Å². The summed E-state index contributed by atoms with van der Waals surface area (Å²) in [6, 6.07) is -0.309. The smallest absolute Gasteiger partial charge is 0.332 e. The molecule has 9 nitrogen and oxygen atoms in total. The largest absolute Gasteiger partial charge is 0.342 e. The number of anilines is 1. The van der Waals surface area contributed by atoms with Crippen LogP contribution in [0.15, 0.2) is 9.59 Å². The third kappa shape index (κ3) is 3.07. The van der Waals surface area contributed by atoms with E-state index in [4.69, 9.17) is 0 Å². The van der Waals surface area contributed by atoms with Crippen molar-refractivity contribution < 1.29 is 8.42 Å². The second-order valence-electron chi connectivity index (χ2n) is 7.88. The minimum absolute atomic E-state index is 0.0105. The lowest BCUT2D eigenvalue weighted by Gasteiger charge is -2.33. The molecule has 2 aromatic heterocycles. The molecule has 0 saturated carbocycles. The lowest BCUT2D eigenvalue weighted by Crippen LogP contribution is -2.43. The van der Waals surface area contributed by atoms with Crippen LogP contribution < -0.4 is 16.1 Å². The molecule has 0 spiro atoms. The van der Waals surface area contributed by atoms with E-state index in [9.17, 15) is 18.0 Å². The lowest BCUT2D eigenvalue weighted by molar-refractivity contribution is 0.497. The molecular weight excluding hydrogens is 382 g/mol. The highest BCUT2D eigenvalue weighted by Crippen LogP contribution is 2.32. The standard InChI is InChI=1S/C18H27N5O4S/c1-3-4-10-22-16(24)14-15(20(2)18(22)25)19-17(21-8-6-5-7-9-21)23(14)13-11-28(26,27)12-13/h13H,3-12H2,1-2H3. The highest BCUT2D eigenvalue weighted by Gasteiger charge is 2.39. The fourth-order valence-corrected chi connectivity index (χ4v) is 5.56. The first-order valence-electron chi connectivity index (χ1n) is 10.0. The lowest BCUT2D eigenvalue weighted by atomic mass is 10.1. The van der Waals surface area contributed by atoms with Crippen molar-refractivity contribution in [3.8, 4) is 0 Å². The van der Waals surface area contributed by atoms with E-state index in [1.807, 2.05) is 6.92 Å². The Labute approximate surface area is 163 Å². The predicted octanol–water partition coefficient (Wildman–Crippen LogP) is 0.657. The van der Waals surface area contributed by atoms with Gasteiger partial charge >= 0.3 is 5.69 Å². The van der Waals surface area contributed by atoms with Crippen LogP contribution in [-0.4, -0.2) is 51.7 Å². The van der Waals surface area contributed by atoms with Crippen molar-refractivity contribution in [2.24, 2.45) is 7.05 Å². The van der Waals surface area contributed by atoms with Gasteiger partial charge in [0.2, 0.25) is 5.95 Å². The van der Waals surface area contributed by atoms with Gasteiger partial charge in [-0.1, -0.05) is 13.3 Å². The fourth-order valence-electron chi connectivity index (χ4n) is 4.19.